The number of carbonyl (C=O) groups excluding carboxylic acids is 1. The fourth-order valence-corrected chi connectivity index (χ4v) is 4.22. The lowest BCUT2D eigenvalue weighted by Gasteiger charge is -2.35. The predicted molar refractivity (Wildman–Crippen MR) is 131 cm³/mol. The van der Waals surface area contributed by atoms with Crippen LogP contribution in [0.1, 0.15) is 24.8 Å². The first-order chi connectivity index (χ1) is 15.2. The number of amides is 1. The Balaban J connectivity index is 2.46. The number of aliphatic hydroxyl groups is 1. The van der Waals surface area contributed by atoms with Gasteiger partial charge in [0.2, 0.25) is 6.41 Å². The molecule has 0 saturated carbocycles. The summed E-state index contributed by atoms with van der Waals surface area (Å²) >= 11 is 6.11. The van der Waals surface area contributed by atoms with E-state index in [1.807, 2.05) is 38.4 Å². The van der Waals surface area contributed by atoms with Crippen molar-refractivity contribution < 1.29 is 9.90 Å². The minimum Gasteiger partial charge on any atom is -0.396 e. The Morgan fingerprint density at radius 2 is 1.81 bits per heavy atom. The average molecular weight is 464 g/mol. The van der Waals surface area contributed by atoms with Gasteiger partial charge in [0.25, 0.3) is 0 Å². The van der Waals surface area contributed by atoms with E-state index in [0.717, 1.165) is 48.6 Å². The summed E-state index contributed by atoms with van der Waals surface area (Å²) in [5.41, 5.74) is 2.91. The maximum absolute atomic E-state index is 11.8. The summed E-state index contributed by atoms with van der Waals surface area (Å²) < 4.78 is 0. The molecule has 1 aliphatic heterocycles. The zero-order valence-corrected chi connectivity index (χ0v) is 20.8. The molecule has 0 bridgehead atoms. The molecule has 2 rings (SSSR count). The lowest BCUT2D eigenvalue weighted by molar-refractivity contribution is -0.116. The number of hydrogen-bond donors (Lipinski definition) is 1. The van der Waals surface area contributed by atoms with Crippen LogP contribution in [0.3, 0.4) is 0 Å². The lowest BCUT2D eigenvalue weighted by Crippen LogP contribution is -2.40. The van der Waals surface area contributed by atoms with Crippen LogP contribution in [0.2, 0.25) is 5.02 Å². The molecule has 1 N–H and O–H groups in total. The number of likely N-dealkylation sites (N-methyl/N-ethyl adjacent to an activating group) is 1. The van der Waals surface area contributed by atoms with E-state index in [2.05, 4.69) is 40.3 Å². The molecule has 1 aromatic carbocycles. The van der Waals surface area contributed by atoms with Crippen molar-refractivity contribution in [1.29, 1.82) is 0 Å². The molecule has 1 unspecified atom stereocenters. The normalized spacial score (nSPS) is 16.2. The SMILES string of the molecule is C=C(C1=C(N(C)C=O)N(C)C(CCCN(C)C)N1Cc1ccc(Cl)cc1)N(C)CCCO. The second kappa shape index (κ2) is 12.1. The van der Waals surface area contributed by atoms with Gasteiger partial charge < -0.3 is 29.6 Å². The van der Waals surface area contributed by atoms with Gasteiger partial charge in [-0.3, -0.25) is 4.79 Å². The smallest absolute Gasteiger partial charge is 0.215 e. The molecule has 0 saturated heterocycles. The number of hydrogen-bond acceptors (Lipinski definition) is 6. The fourth-order valence-electron chi connectivity index (χ4n) is 4.09. The molecular weight excluding hydrogens is 426 g/mol. The van der Waals surface area contributed by atoms with E-state index in [9.17, 15) is 9.90 Å². The van der Waals surface area contributed by atoms with Crippen LogP contribution in [0.25, 0.3) is 0 Å². The summed E-state index contributed by atoms with van der Waals surface area (Å²) in [4.78, 5) is 22.2. The molecule has 0 aromatic heterocycles. The topological polar surface area (TPSA) is 53.5 Å². The summed E-state index contributed by atoms with van der Waals surface area (Å²) in [5, 5.41) is 9.99. The quantitative estimate of drug-likeness (QED) is 0.454. The molecule has 0 spiro atoms. The molecule has 0 aliphatic carbocycles. The Bertz CT molecular complexity index is 796. The van der Waals surface area contributed by atoms with Gasteiger partial charge in [0, 0.05) is 45.9 Å². The third-order valence-electron chi connectivity index (χ3n) is 5.85. The maximum Gasteiger partial charge on any atom is 0.215 e. The Labute approximate surface area is 198 Å². The summed E-state index contributed by atoms with van der Waals surface area (Å²) in [6, 6.07) is 7.89. The van der Waals surface area contributed by atoms with Crippen LogP contribution in [-0.4, -0.2) is 97.1 Å². The van der Waals surface area contributed by atoms with Crippen LogP contribution in [0.5, 0.6) is 0 Å². The zero-order chi connectivity index (χ0) is 23.8. The van der Waals surface area contributed by atoms with E-state index in [-0.39, 0.29) is 12.8 Å². The van der Waals surface area contributed by atoms with Crippen LogP contribution < -0.4 is 0 Å². The third-order valence-corrected chi connectivity index (χ3v) is 6.10. The molecule has 32 heavy (non-hydrogen) atoms. The maximum atomic E-state index is 11.8. The van der Waals surface area contributed by atoms with E-state index in [0.29, 0.717) is 24.5 Å². The van der Waals surface area contributed by atoms with Crippen molar-refractivity contribution in [2.75, 3.05) is 54.9 Å². The lowest BCUT2D eigenvalue weighted by atomic mass is 10.1. The molecule has 178 valence electrons. The van der Waals surface area contributed by atoms with Crippen molar-refractivity contribution in [2.45, 2.75) is 32.0 Å². The summed E-state index contributed by atoms with van der Waals surface area (Å²) in [6.45, 7) is 6.86. The molecule has 0 fully saturated rings. The van der Waals surface area contributed by atoms with Crippen molar-refractivity contribution in [3.05, 3.63) is 58.6 Å². The van der Waals surface area contributed by atoms with Crippen LogP contribution in [-0.2, 0) is 11.3 Å². The standard InChI is InChI=1S/C24H38ClN5O2/c1-19(27(4)15-8-16-31)23-24(28(5)18-32)29(6)22(9-7-14-26(2)3)30(23)17-20-10-12-21(25)13-11-20/h10-13,18,22,31H,1,7-9,14-17H2,2-6H3. The summed E-state index contributed by atoms with van der Waals surface area (Å²) in [5.74, 6) is 0.838. The molecule has 1 aliphatic rings. The van der Waals surface area contributed by atoms with Crippen molar-refractivity contribution in [2.24, 2.45) is 0 Å². The highest BCUT2D eigenvalue weighted by atomic mass is 35.5. The Morgan fingerprint density at radius 3 is 2.38 bits per heavy atom. The Morgan fingerprint density at radius 1 is 1.16 bits per heavy atom. The van der Waals surface area contributed by atoms with Crippen molar-refractivity contribution in [1.82, 2.24) is 24.5 Å². The van der Waals surface area contributed by atoms with Crippen molar-refractivity contribution in [3.8, 4) is 0 Å². The van der Waals surface area contributed by atoms with Gasteiger partial charge >= 0.3 is 0 Å². The van der Waals surface area contributed by atoms with Crippen LogP contribution in [0.4, 0.5) is 0 Å². The molecule has 1 amide bonds. The Hall–Kier alpha value is -2.22. The monoisotopic (exact) mass is 463 g/mol. The first-order valence-electron chi connectivity index (χ1n) is 11.0. The number of benzene rings is 1. The fraction of sp³-hybridized carbons (Fsp3) is 0.542. The highest BCUT2D eigenvalue weighted by Gasteiger charge is 2.39. The zero-order valence-electron chi connectivity index (χ0n) is 20.1. The molecule has 0 radical (unpaired) electrons. The minimum absolute atomic E-state index is 0.0843. The third kappa shape index (κ3) is 6.40. The molecule has 8 heteroatoms. The van der Waals surface area contributed by atoms with Gasteiger partial charge in [-0.1, -0.05) is 30.3 Å². The van der Waals surface area contributed by atoms with Crippen LogP contribution in [0.15, 0.2) is 48.1 Å². The number of aliphatic hydroxyl groups excluding tert-OH is 1. The van der Waals surface area contributed by atoms with Gasteiger partial charge in [-0.05, 0) is 57.6 Å². The second-order valence-electron chi connectivity index (χ2n) is 8.63. The van der Waals surface area contributed by atoms with E-state index in [1.54, 1.807) is 11.9 Å². The van der Waals surface area contributed by atoms with E-state index in [1.165, 1.54) is 0 Å². The van der Waals surface area contributed by atoms with Gasteiger partial charge in [-0.25, -0.2) is 0 Å². The molecule has 1 heterocycles. The average Bonchev–Trinajstić information content (AvgIpc) is 3.03. The number of nitrogens with zero attached hydrogens (tertiary/aromatic N) is 5. The molecule has 7 nitrogen and oxygen atoms in total. The Kier molecular flexibility index (Phi) is 9.87. The minimum atomic E-state index is 0.0843. The summed E-state index contributed by atoms with van der Waals surface area (Å²) in [6.07, 6.45) is 3.55. The first kappa shape index (κ1) is 26.0. The molecule has 1 aromatic rings. The van der Waals surface area contributed by atoms with Crippen LogP contribution >= 0.6 is 11.6 Å². The van der Waals surface area contributed by atoms with Gasteiger partial charge in [0.1, 0.15) is 17.7 Å². The van der Waals surface area contributed by atoms with Gasteiger partial charge in [0.05, 0.1) is 5.70 Å². The van der Waals surface area contributed by atoms with E-state index >= 15 is 0 Å². The number of rotatable bonds is 13. The van der Waals surface area contributed by atoms with Gasteiger partial charge in [-0.2, -0.15) is 0 Å². The van der Waals surface area contributed by atoms with Crippen molar-refractivity contribution >= 4 is 18.0 Å². The highest BCUT2D eigenvalue weighted by molar-refractivity contribution is 6.30. The van der Waals surface area contributed by atoms with E-state index < -0.39 is 0 Å². The van der Waals surface area contributed by atoms with Crippen LogP contribution in [0, 0.1) is 0 Å². The molecular formula is C24H38ClN5O2. The first-order valence-corrected chi connectivity index (χ1v) is 11.4. The number of halogens is 1. The number of carbonyl (C=O) groups is 1. The van der Waals surface area contributed by atoms with Gasteiger partial charge in [0.15, 0.2) is 0 Å². The second-order valence-corrected chi connectivity index (χ2v) is 9.06. The summed E-state index contributed by atoms with van der Waals surface area (Å²) in [7, 11) is 9.96. The molecule has 1 atom stereocenters. The van der Waals surface area contributed by atoms with E-state index in [4.69, 9.17) is 11.6 Å². The predicted octanol–water partition coefficient (Wildman–Crippen LogP) is 2.84. The largest absolute Gasteiger partial charge is 0.396 e. The van der Waals surface area contributed by atoms with Crippen molar-refractivity contribution in [3.63, 3.8) is 0 Å². The highest BCUT2D eigenvalue weighted by Crippen LogP contribution is 2.37. The van der Waals surface area contributed by atoms with Gasteiger partial charge in [-0.15, -0.1) is 0 Å².